The van der Waals surface area contributed by atoms with Gasteiger partial charge in [-0.25, -0.2) is 9.97 Å². The SMILES string of the molecule is CC(=O)NCCNc1cc(N2CCN(C(=O)c3ccc(Cl)s3)CC2)nc(-c2ccccc2)n1. The number of hydrogen-bond acceptors (Lipinski definition) is 7. The van der Waals surface area contributed by atoms with Crippen LogP contribution in [0, 0.1) is 0 Å². The van der Waals surface area contributed by atoms with Crippen LogP contribution in [-0.4, -0.2) is 66.0 Å². The van der Waals surface area contributed by atoms with Crippen LogP contribution in [0.25, 0.3) is 11.4 Å². The Hall–Kier alpha value is -3.17. The fraction of sp³-hybridized carbons (Fsp3) is 0.304. The molecular formula is C23H25ClN6O2S. The van der Waals surface area contributed by atoms with Gasteiger partial charge in [0.1, 0.15) is 11.6 Å². The lowest BCUT2D eigenvalue weighted by atomic mass is 10.2. The van der Waals surface area contributed by atoms with E-state index in [0.29, 0.717) is 60.1 Å². The lowest BCUT2D eigenvalue weighted by Crippen LogP contribution is -2.49. The Morgan fingerprint density at radius 2 is 1.79 bits per heavy atom. The number of benzene rings is 1. The summed E-state index contributed by atoms with van der Waals surface area (Å²) in [5.41, 5.74) is 0.924. The number of halogens is 1. The Labute approximate surface area is 201 Å². The first kappa shape index (κ1) is 23.0. The molecule has 1 fully saturated rings. The zero-order valence-electron chi connectivity index (χ0n) is 18.3. The van der Waals surface area contributed by atoms with Gasteiger partial charge in [-0.05, 0) is 12.1 Å². The largest absolute Gasteiger partial charge is 0.368 e. The second kappa shape index (κ2) is 10.6. The lowest BCUT2D eigenvalue weighted by molar-refractivity contribution is -0.118. The third kappa shape index (κ3) is 6.00. The van der Waals surface area contributed by atoms with Crippen molar-refractivity contribution in [2.75, 3.05) is 49.5 Å². The zero-order valence-corrected chi connectivity index (χ0v) is 19.8. The molecule has 2 N–H and O–H groups in total. The van der Waals surface area contributed by atoms with Crippen LogP contribution in [0.4, 0.5) is 11.6 Å². The second-order valence-electron chi connectivity index (χ2n) is 7.59. The van der Waals surface area contributed by atoms with Crippen LogP contribution in [-0.2, 0) is 4.79 Å². The highest BCUT2D eigenvalue weighted by atomic mass is 35.5. The minimum atomic E-state index is -0.0672. The number of carbonyl (C=O) groups is 2. The molecule has 2 amide bonds. The summed E-state index contributed by atoms with van der Waals surface area (Å²) in [6.45, 7) is 5.09. The third-order valence-corrected chi connectivity index (χ3v) is 6.44. The van der Waals surface area contributed by atoms with Gasteiger partial charge in [-0.3, -0.25) is 9.59 Å². The summed E-state index contributed by atoms with van der Waals surface area (Å²) >= 11 is 7.29. The summed E-state index contributed by atoms with van der Waals surface area (Å²) in [5, 5.41) is 6.04. The summed E-state index contributed by atoms with van der Waals surface area (Å²) in [6, 6.07) is 15.3. The molecule has 0 spiro atoms. The van der Waals surface area contributed by atoms with Crippen molar-refractivity contribution >= 4 is 46.4 Å². The highest BCUT2D eigenvalue weighted by molar-refractivity contribution is 7.17. The molecule has 1 saturated heterocycles. The van der Waals surface area contributed by atoms with E-state index < -0.39 is 0 Å². The topological polar surface area (TPSA) is 90.5 Å². The number of anilines is 2. The first-order chi connectivity index (χ1) is 16.0. The van der Waals surface area contributed by atoms with Gasteiger partial charge in [0, 0.05) is 57.8 Å². The van der Waals surface area contributed by atoms with Crippen LogP contribution in [0.15, 0.2) is 48.5 Å². The summed E-state index contributed by atoms with van der Waals surface area (Å²) in [4.78, 5) is 38.0. The van der Waals surface area contributed by atoms with E-state index >= 15 is 0 Å². The maximum Gasteiger partial charge on any atom is 0.264 e. The van der Waals surface area contributed by atoms with Crippen LogP contribution in [0.3, 0.4) is 0 Å². The molecule has 1 aliphatic heterocycles. The van der Waals surface area contributed by atoms with Crippen LogP contribution < -0.4 is 15.5 Å². The van der Waals surface area contributed by atoms with Gasteiger partial charge < -0.3 is 20.4 Å². The molecule has 0 bridgehead atoms. The molecule has 0 radical (unpaired) electrons. The first-order valence-electron chi connectivity index (χ1n) is 10.7. The average Bonchev–Trinajstić information content (AvgIpc) is 3.28. The Morgan fingerprint density at radius 1 is 1.03 bits per heavy atom. The third-order valence-electron chi connectivity index (χ3n) is 5.22. The van der Waals surface area contributed by atoms with E-state index in [-0.39, 0.29) is 11.8 Å². The van der Waals surface area contributed by atoms with Gasteiger partial charge in [-0.15, -0.1) is 11.3 Å². The molecule has 33 heavy (non-hydrogen) atoms. The molecule has 2 aromatic heterocycles. The van der Waals surface area contributed by atoms with Crippen LogP contribution >= 0.6 is 22.9 Å². The Bertz CT molecular complexity index is 1120. The summed E-state index contributed by atoms with van der Waals surface area (Å²) in [7, 11) is 0. The molecule has 172 valence electrons. The standard InChI is InChI=1S/C23H25ClN6O2S/c1-16(31)25-9-10-26-20-15-21(28-22(27-20)17-5-3-2-4-6-17)29-11-13-30(14-12-29)23(32)18-7-8-19(24)33-18/h2-8,15H,9-14H2,1H3,(H,25,31)(H,26,27,28). The van der Waals surface area contributed by atoms with Crippen molar-refractivity contribution in [3.8, 4) is 11.4 Å². The van der Waals surface area contributed by atoms with E-state index in [0.717, 1.165) is 11.4 Å². The van der Waals surface area contributed by atoms with Crippen molar-refractivity contribution < 1.29 is 9.59 Å². The predicted octanol–water partition coefficient (Wildman–Crippen LogP) is 3.37. The van der Waals surface area contributed by atoms with Crippen LogP contribution in [0.2, 0.25) is 4.34 Å². The normalized spacial score (nSPS) is 13.6. The maximum atomic E-state index is 12.7. The monoisotopic (exact) mass is 484 g/mol. The molecule has 0 unspecified atom stereocenters. The van der Waals surface area contributed by atoms with Crippen molar-refractivity contribution in [1.29, 1.82) is 0 Å². The molecular weight excluding hydrogens is 460 g/mol. The molecule has 1 aromatic carbocycles. The Balaban J connectivity index is 1.48. The number of hydrogen-bond donors (Lipinski definition) is 2. The number of nitrogens with zero attached hydrogens (tertiary/aromatic N) is 4. The quantitative estimate of drug-likeness (QED) is 0.500. The van der Waals surface area contributed by atoms with Gasteiger partial charge in [0.2, 0.25) is 5.91 Å². The summed E-state index contributed by atoms with van der Waals surface area (Å²) < 4.78 is 0.616. The smallest absolute Gasteiger partial charge is 0.264 e. The zero-order chi connectivity index (χ0) is 23.2. The van der Waals surface area contributed by atoms with E-state index in [4.69, 9.17) is 16.6 Å². The van der Waals surface area contributed by atoms with Crippen molar-refractivity contribution in [2.24, 2.45) is 0 Å². The van der Waals surface area contributed by atoms with E-state index in [1.807, 2.05) is 41.3 Å². The predicted molar refractivity (Wildman–Crippen MR) is 132 cm³/mol. The Morgan fingerprint density at radius 3 is 2.45 bits per heavy atom. The Kier molecular flexibility index (Phi) is 7.41. The van der Waals surface area contributed by atoms with Gasteiger partial charge in [0.05, 0.1) is 9.21 Å². The first-order valence-corrected chi connectivity index (χ1v) is 11.9. The highest BCUT2D eigenvalue weighted by Gasteiger charge is 2.24. The molecule has 1 aliphatic rings. The molecule has 8 nitrogen and oxygen atoms in total. The molecule has 10 heteroatoms. The fourth-order valence-electron chi connectivity index (χ4n) is 3.56. The van der Waals surface area contributed by atoms with Gasteiger partial charge in [-0.2, -0.15) is 0 Å². The number of thiophene rings is 1. The number of carbonyl (C=O) groups excluding carboxylic acids is 2. The highest BCUT2D eigenvalue weighted by Crippen LogP contribution is 2.25. The van der Waals surface area contributed by atoms with Crippen molar-refractivity contribution in [2.45, 2.75) is 6.92 Å². The number of piperazine rings is 1. The molecule has 4 rings (SSSR count). The van der Waals surface area contributed by atoms with Crippen LogP contribution in [0.1, 0.15) is 16.6 Å². The minimum absolute atomic E-state index is 0.0135. The number of nitrogens with one attached hydrogen (secondary N) is 2. The summed E-state index contributed by atoms with van der Waals surface area (Å²) in [5.74, 6) is 2.07. The second-order valence-corrected chi connectivity index (χ2v) is 9.31. The van der Waals surface area contributed by atoms with E-state index in [1.165, 1.54) is 18.3 Å². The van der Waals surface area contributed by atoms with Crippen molar-refractivity contribution in [1.82, 2.24) is 20.2 Å². The molecule has 0 aliphatic carbocycles. The maximum absolute atomic E-state index is 12.7. The van der Waals surface area contributed by atoms with E-state index in [2.05, 4.69) is 20.5 Å². The van der Waals surface area contributed by atoms with Crippen molar-refractivity contribution in [3.05, 3.63) is 57.7 Å². The van der Waals surface area contributed by atoms with Gasteiger partial charge in [-0.1, -0.05) is 41.9 Å². The average molecular weight is 485 g/mol. The van der Waals surface area contributed by atoms with E-state index in [1.54, 1.807) is 12.1 Å². The number of rotatable bonds is 7. The fourth-order valence-corrected chi connectivity index (χ4v) is 4.57. The molecule has 0 saturated carbocycles. The molecule has 3 heterocycles. The van der Waals surface area contributed by atoms with Gasteiger partial charge in [0.25, 0.3) is 5.91 Å². The van der Waals surface area contributed by atoms with E-state index in [9.17, 15) is 9.59 Å². The van der Waals surface area contributed by atoms with Gasteiger partial charge in [0.15, 0.2) is 5.82 Å². The summed E-state index contributed by atoms with van der Waals surface area (Å²) in [6.07, 6.45) is 0. The lowest BCUT2D eigenvalue weighted by Gasteiger charge is -2.35. The minimum Gasteiger partial charge on any atom is -0.368 e. The van der Waals surface area contributed by atoms with Crippen molar-refractivity contribution in [3.63, 3.8) is 0 Å². The van der Waals surface area contributed by atoms with Crippen LogP contribution in [0.5, 0.6) is 0 Å². The number of aromatic nitrogens is 2. The van der Waals surface area contributed by atoms with Gasteiger partial charge >= 0.3 is 0 Å². The number of amides is 2. The molecule has 0 atom stereocenters. The molecule has 3 aromatic rings.